The fourth-order valence-electron chi connectivity index (χ4n) is 2.23. The van der Waals surface area contributed by atoms with Crippen LogP contribution < -0.4 is 4.90 Å². The third-order valence-corrected chi connectivity index (χ3v) is 3.23. The topological polar surface area (TPSA) is 41.1 Å². The lowest BCUT2D eigenvalue weighted by Gasteiger charge is -2.26. The standard InChI is InChI=1S/C14H17N3O/c1-11-3-2-4-12(9-11)13-10-14(16-15-13)17-5-7-18-8-6-17/h2-4,9-10H,5-8H2,1H3,(H,15,16). The number of anilines is 1. The van der Waals surface area contributed by atoms with Gasteiger partial charge in [-0.25, -0.2) is 0 Å². The summed E-state index contributed by atoms with van der Waals surface area (Å²) in [5.74, 6) is 1.01. The van der Waals surface area contributed by atoms with Crippen LogP contribution in [-0.4, -0.2) is 36.5 Å². The first-order chi connectivity index (χ1) is 8.83. The van der Waals surface area contributed by atoms with Gasteiger partial charge in [0.1, 0.15) is 0 Å². The van der Waals surface area contributed by atoms with Crippen LogP contribution in [0.15, 0.2) is 30.3 Å². The third kappa shape index (κ3) is 2.24. The van der Waals surface area contributed by atoms with Crippen LogP contribution in [0.25, 0.3) is 11.3 Å². The molecule has 0 unspecified atom stereocenters. The van der Waals surface area contributed by atoms with E-state index in [1.165, 1.54) is 11.1 Å². The van der Waals surface area contributed by atoms with Gasteiger partial charge in [0.25, 0.3) is 0 Å². The Kier molecular flexibility index (Phi) is 3.02. The van der Waals surface area contributed by atoms with E-state index in [0.717, 1.165) is 37.8 Å². The van der Waals surface area contributed by atoms with Crippen molar-refractivity contribution in [3.05, 3.63) is 35.9 Å². The lowest BCUT2D eigenvalue weighted by Crippen LogP contribution is -2.36. The Morgan fingerprint density at radius 3 is 2.83 bits per heavy atom. The van der Waals surface area contributed by atoms with Gasteiger partial charge < -0.3 is 9.64 Å². The lowest BCUT2D eigenvalue weighted by molar-refractivity contribution is 0.122. The lowest BCUT2D eigenvalue weighted by atomic mass is 10.1. The fourth-order valence-corrected chi connectivity index (χ4v) is 2.23. The number of aryl methyl sites for hydroxylation is 1. The van der Waals surface area contributed by atoms with E-state index < -0.39 is 0 Å². The molecular formula is C14H17N3O. The zero-order valence-electron chi connectivity index (χ0n) is 10.5. The molecule has 94 valence electrons. The van der Waals surface area contributed by atoms with Crippen molar-refractivity contribution in [2.24, 2.45) is 0 Å². The number of rotatable bonds is 2. The molecule has 1 N–H and O–H groups in total. The number of benzene rings is 1. The van der Waals surface area contributed by atoms with Crippen molar-refractivity contribution in [1.82, 2.24) is 10.2 Å². The van der Waals surface area contributed by atoms with E-state index >= 15 is 0 Å². The number of hydrogen-bond acceptors (Lipinski definition) is 3. The minimum atomic E-state index is 0.784. The summed E-state index contributed by atoms with van der Waals surface area (Å²) in [4.78, 5) is 2.25. The summed E-state index contributed by atoms with van der Waals surface area (Å²) < 4.78 is 5.35. The van der Waals surface area contributed by atoms with Crippen LogP contribution in [0.3, 0.4) is 0 Å². The zero-order valence-corrected chi connectivity index (χ0v) is 10.5. The van der Waals surface area contributed by atoms with Crippen LogP contribution in [0, 0.1) is 6.92 Å². The Morgan fingerprint density at radius 1 is 1.22 bits per heavy atom. The molecule has 1 aliphatic rings. The van der Waals surface area contributed by atoms with Crippen molar-refractivity contribution in [1.29, 1.82) is 0 Å². The molecule has 0 radical (unpaired) electrons. The summed E-state index contributed by atoms with van der Waals surface area (Å²) in [6.45, 7) is 5.50. The average Bonchev–Trinajstić information content (AvgIpc) is 2.89. The summed E-state index contributed by atoms with van der Waals surface area (Å²) in [7, 11) is 0. The SMILES string of the molecule is Cc1cccc(-c2cc(N3CCOCC3)n[nH]2)c1. The van der Waals surface area contributed by atoms with Gasteiger partial charge in [-0.1, -0.05) is 23.8 Å². The summed E-state index contributed by atoms with van der Waals surface area (Å²) in [6, 6.07) is 10.5. The minimum Gasteiger partial charge on any atom is -0.378 e. The van der Waals surface area contributed by atoms with Crippen molar-refractivity contribution in [2.75, 3.05) is 31.2 Å². The summed E-state index contributed by atoms with van der Waals surface area (Å²) in [6.07, 6.45) is 0. The predicted octanol–water partition coefficient (Wildman–Crippen LogP) is 2.22. The molecule has 0 bridgehead atoms. The maximum Gasteiger partial charge on any atom is 0.151 e. The number of morpholine rings is 1. The predicted molar refractivity (Wildman–Crippen MR) is 71.8 cm³/mol. The highest BCUT2D eigenvalue weighted by molar-refractivity contribution is 5.63. The summed E-state index contributed by atoms with van der Waals surface area (Å²) in [5, 5.41) is 7.51. The van der Waals surface area contributed by atoms with Crippen molar-refractivity contribution in [3.8, 4) is 11.3 Å². The molecule has 0 saturated carbocycles. The molecule has 1 aromatic heterocycles. The van der Waals surface area contributed by atoms with Crippen LogP contribution in [0.2, 0.25) is 0 Å². The average molecular weight is 243 g/mol. The highest BCUT2D eigenvalue weighted by Crippen LogP contribution is 2.22. The number of nitrogens with one attached hydrogen (secondary N) is 1. The maximum atomic E-state index is 5.35. The summed E-state index contributed by atoms with van der Waals surface area (Å²) >= 11 is 0. The number of H-pyrrole nitrogens is 1. The molecule has 2 aromatic rings. The van der Waals surface area contributed by atoms with E-state index in [1.807, 2.05) is 0 Å². The van der Waals surface area contributed by atoms with E-state index in [-0.39, 0.29) is 0 Å². The Labute approximate surface area is 107 Å². The van der Waals surface area contributed by atoms with E-state index in [9.17, 15) is 0 Å². The van der Waals surface area contributed by atoms with Crippen molar-refractivity contribution in [2.45, 2.75) is 6.92 Å². The third-order valence-electron chi connectivity index (χ3n) is 3.23. The molecule has 1 fully saturated rings. The highest BCUT2D eigenvalue weighted by Gasteiger charge is 2.14. The van der Waals surface area contributed by atoms with Gasteiger partial charge in [-0.15, -0.1) is 0 Å². The molecule has 4 heteroatoms. The second-order valence-corrected chi connectivity index (χ2v) is 4.61. The van der Waals surface area contributed by atoms with Crippen molar-refractivity contribution >= 4 is 5.82 Å². The summed E-state index contributed by atoms with van der Waals surface area (Å²) in [5.41, 5.74) is 3.51. The van der Waals surface area contributed by atoms with Crippen molar-refractivity contribution in [3.63, 3.8) is 0 Å². The molecule has 1 aliphatic heterocycles. The molecule has 0 aliphatic carbocycles. The largest absolute Gasteiger partial charge is 0.378 e. The molecule has 1 saturated heterocycles. The normalized spacial score (nSPS) is 15.9. The van der Waals surface area contributed by atoms with Gasteiger partial charge in [0.05, 0.1) is 18.9 Å². The highest BCUT2D eigenvalue weighted by atomic mass is 16.5. The van der Waals surface area contributed by atoms with Gasteiger partial charge in [0, 0.05) is 19.2 Å². The molecule has 0 atom stereocenters. The zero-order chi connectivity index (χ0) is 12.4. The van der Waals surface area contributed by atoms with Crippen molar-refractivity contribution < 1.29 is 4.74 Å². The first kappa shape index (κ1) is 11.3. The molecular weight excluding hydrogens is 226 g/mol. The maximum absolute atomic E-state index is 5.35. The molecule has 0 amide bonds. The monoisotopic (exact) mass is 243 g/mol. The van der Waals surface area contributed by atoms with E-state index in [2.05, 4.69) is 52.4 Å². The Morgan fingerprint density at radius 2 is 2.06 bits per heavy atom. The van der Waals surface area contributed by atoms with Gasteiger partial charge in [0.2, 0.25) is 0 Å². The minimum absolute atomic E-state index is 0.784. The van der Waals surface area contributed by atoms with E-state index in [1.54, 1.807) is 0 Å². The first-order valence-electron chi connectivity index (χ1n) is 6.28. The Hall–Kier alpha value is -1.81. The Balaban J connectivity index is 1.84. The van der Waals surface area contributed by atoms with Gasteiger partial charge >= 0.3 is 0 Å². The van der Waals surface area contributed by atoms with Crippen LogP contribution >= 0.6 is 0 Å². The van der Waals surface area contributed by atoms with Gasteiger partial charge in [0.15, 0.2) is 5.82 Å². The fraction of sp³-hybridized carbons (Fsp3) is 0.357. The van der Waals surface area contributed by atoms with Gasteiger partial charge in [-0.2, -0.15) is 5.10 Å². The number of hydrogen-bond donors (Lipinski definition) is 1. The van der Waals surface area contributed by atoms with E-state index in [4.69, 9.17) is 4.74 Å². The quantitative estimate of drug-likeness (QED) is 0.879. The molecule has 1 aromatic carbocycles. The number of aromatic amines is 1. The molecule has 18 heavy (non-hydrogen) atoms. The van der Waals surface area contributed by atoms with Crippen LogP contribution in [0.1, 0.15) is 5.56 Å². The van der Waals surface area contributed by atoms with Crippen LogP contribution in [0.5, 0.6) is 0 Å². The van der Waals surface area contributed by atoms with Gasteiger partial charge in [-0.3, -0.25) is 5.10 Å². The first-order valence-corrected chi connectivity index (χ1v) is 6.28. The van der Waals surface area contributed by atoms with E-state index in [0.29, 0.717) is 0 Å². The molecule has 3 rings (SSSR count). The smallest absolute Gasteiger partial charge is 0.151 e. The van der Waals surface area contributed by atoms with Crippen LogP contribution in [0.4, 0.5) is 5.82 Å². The van der Waals surface area contributed by atoms with Gasteiger partial charge in [-0.05, 0) is 18.6 Å². The number of ether oxygens (including phenoxy) is 1. The molecule has 2 heterocycles. The number of aromatic nitrogens is 2. The number of nitrogens with zero attached hydrogens (tertiary/aromatic N) is 2. The Bertz CT molecular complexity index is 529. The van der Waals surface area contributed by atoms with Crippen LogP contribution in [-0.2, 0) is 4.74 Å². The molecule has 0 spiro atoms. The second kappa shape index (κ2) is 4.82. The molecule has 4 nitrogen and oxygen atoms in total. The second-order valence-electron chi connectivity index (χ2n) is 4.61.